The Balaban J connectivity index is 1.83. The van der Waals surface area contributed by atoms with Gasteiger partial charge in [-0.15, -0.1) is 0 Å². The predicted octanol–water partition coefficient (Wildman–Crippen LogP) is 2.62. The van der Waals surface area contributed by atoms with Gasteiger partial charge in [-0.05, 0) is 44.0 Å². The van der Waals surface area contributed by atoms with E-state index in [0.717, 1.165) is 11.3 Å². The molecule has 0 saturated carbocycles. The summed E-state index contributed by atoms with van der Waals surface area (Å²) in [6, 6.07) is 6.78. The van der Waals surface area contributed by atoms with Crippen LogP contribution in [0.1, 0.15) is 24.8 Å². The van der Waals surface area contributed by atoms with E-state index >= 15 is 0 Å². The van der Waals surface area contributed by atoms with Gasteiger partial charge in [0, 0.05) is 34.9 Å². The molecule has 2 aliphatic heterocycles. The molecule has 5 heteroatoms. The summed E-state index contributed by atoms with van der Waals surface area (Å²) in [5.41, 5.74) is 7.64. The lowest BCUT2D eigenvalue weighted by Crippen LogP contribution is -2.34. The first-order valence-electron chi connectivity index (χ1n) is 6.75. The number of hydrogen-bond donors (Lipinski definition) is 2. The first kappa shape index (κ1) is 13.2. The van der Waals surface area contributed by atoms with Crippen molar-refractivity contribution in [1.29, 1.82) is 0 Å². The second-order valence-electron chi connectivity index (χ2n) is 5.34. The van der Waals surface area contributed by atoms with Crippen LogP contribution in [0.2, 0.25) is 5.02 Å². The van der Waals surface area contributed by atoms with Crippen LogP contribution in [0.5, 0.6) is 0 Å². The minimum absolute atomic E-state index is 0.417. The van der Waals surface area contributed by atoms with Crippen LogP contribution in [-0.4, -0.2) is 35.1 Å². The van der Waals surface area contributed by atoms with E-state index in [-0.39, 0.29) is 0 Å². The van der Waals surface area contributed by atoms with Crippen LogP contribution >= 0.6 is 23.8 Å². The van der Waals surface area contributed by atoms with E-state index in [1.54, 1.807) is 0 Å². The van der Waals surface area contributed by atoms with Crippen molar-refractivity contribution in [2.45, 2.75) is 31.3 Å². The van der Waals surface area contributed by atoms with Gasteiger partial charge in [-0.1, -0.05) is 23.8 Å². The molecule has 19 heavy (non-hydrogen) atoms. The molecule has 2 atom stereocenters. The topological polar surface area (TPSA) is 41.3 Å². The molecular formula is C14H18ClN3S. The number of nitrogens with zero attached hydrogens (tertiary/aromatic N) is 1. The van der Waals surface area contributed by atoms with E-state index in [4.69, 9.17) is 29.6 Å². The van der Waals surface area contributed by atoms with Crippen LogP contribution in [0.3, 0.4) is 0 Å². The van der Waals surface area contributed by atoms with Crippen molar-refractivity contribution in [3.8, 4) is 0 Å². The fraction of sp³-hybridized carbons (Fsp3) is 0.500. The third-order valence-corrected chi connectivity index (χ3v) is 4.65. The number of fused-ring (bicyclic) bond motifs is 1. The Hall–Kier alpha value is -0.840. The summed E-state index contributed by atoms with van der Waals surface area (Å²) in [5, 5.41) is 4.32. The minimum Gasteiger partial charge on any atom is -0.389 e. The molecule has 1 aromatic rings. The fourth-order valence-electron chi connectivity index (χ4n) is 3.30. The zero-order valence-electron chi connectivity index (χ0n) is 10.7. The summed E-state index contributed by atoms with van der Waals surface area (Å²) in [7, 11) is 0. The van der Waals surface area contributed by atoms with Gasteiger partial charge in [0.2, 0.25) is 0 Å². The molecule has 2 fully saturated rings. The van der Waals surface area contributed by atoms with Crippen LogP contribution in [0.4, 0.5) is 5.69 Å². The zero-order chi connectivity index (χ0) is 13.4. The number of halogens is 1. The van der Waals surface area contributed by atoms with Gasteiger partial charge in [0.1, 0.15) is 4.99 Å². The molecule has 0 bridgehead atoms. The molecule has 2 saturated heterocycles. The van der Waals surface area contributed by atoms with Gasteiger partial charge in [0.15, 0.2) is 0 Å². The standard InChI is InChI=1S/C14H18ClN3S/c15-9-3-4-10(14(16)19)12(8-9)17-11-5-7-18-6-1-2-13(11)18/h3-4,8,11,13,17H,1-2,5-7H2,(H2,16,19). The summed E-state index contributed by atoms with van der Waals surface area (Å²) in [6.07, 6.45) is 3.76. The molecular weight excluding hydrogens is 278 g/mol. The van der Waals surface area contributed by atoms with Gasteiger partial charge in [0.25, 0.3) is 0 Å². The SMILES string of the molecule is NC(=S)c1ccc(Cl)cc1NC1CCN2CCCC12. The van der Waals surface area contributed by atoms with Gasteiger partial charge >= 0.3 is 0 Å². The molecule has 3 rings (SSSR count). The number of rotatable bonds is 3. The van der Waals surface area contributed by atoms with Crippen LogP contribution in [0.15, 0.2) is 18.2 Å². The van der Waals surface area contributed by atoms with Crippen LogP contribution < -0.4 is 11.1 Å². The van der Waals surface area contributed by atoms with Gasteiger partial charge in [-0.3, -0.25) is 4.90 Å². The highest BCUT2D eigenvalue weighted by molar-refractivity contribution is 7.80. The summed E-state index contributed by atoms with van der Waals surface area (Å²) in [5.74, 6) is 0. The van der Waals surface area contributed by atoms with Crippen molar-refractivity contribution in [2.75, 3.05) is 18.4 Å². The largest absolute Gasteiger partial charge is 0.389 e. The normalized spacial score (nSPS) is 26.4. The van der Waals surface area contributed by atoms with Crippen molar-refractivity contribution in [2.24, 2.45) is 5.73 Å². The molecule has 0 radical (unpaired) electrons. The fourth-order valence-corrected chi connectivity index (χ4v) is 3.65. The molecule has 3 N–H and O–H groups in total. The van der Waals surface area contributed by atoms with E-state index < -0.39 is 0 Å². The number of nitrogens with two attached hydrogens (primary N) is 1. The second kappa shape index (κ2) is 5.27. The molecule has 0 spiro atoms. The Morgan fingerprint density at radius 1 is 1.37 bits per heavy atom. The summed E-state index contributed by atoms with van der Waals surface area (Å²) < 4.78 is 0. The number of nitrogens with one attached hydrogen (secondary N) is 1. The lowest BCUT2D eigenvalue weighted by Gasteiger charge is -2.23. The quantitative estimate of drug-likeness (QED) is 0.841. The highest BCUT2D eigenvalue weighted by Gasteiger charge is 2.37. The Bertz CT molecular complexity index is 505. The van der Waals surface area contributed by atoms with Crippen molar-refractivity contribution < 1.29 is 0 Å². The van der Waals surface area contributed by atoms with Crippen LogP contribution in [0.25, 0.3) is 0 Å². The molecule has 0 aromatic heterocycles. The van der Waals surface area contributed by atoms with Gasteiger partial charge in [0.05, 0.1) is 0 Å². The van der Waals surface area contributed by atoms with E-state index in [2.05, 4.69) is 10.2 Å². The molecule has 102 valence electrons. The number of benzene rings is 1. The van der Waals surface area contributed by atoms with E-state index in [0.29, 0.717) is 22.1 Å². The first-order valence-corrected chi connectivity index (χ1v) is 7.54. The molecule has 0 aliphatic carbocycles. The third-order valence-electron chi connectivity index (χ3n) is 4.19. The molecule has 0 amide bonds. The van der Waals surface area contributed by atoms with Crippen molar-refractivity contribution in [1.82, 2.24) is 4.90 Å². The minimum atomic E-state index is 0.417. The molecule has 3 nitrogen and oxygen atoms in total. The molecule has 2 heterocycles. The smallest absolute Gasteiger partial charge is 0.106 e. The highest BCUT2D eigenvalue weighted by Crippen LogP contribution is 2.31. The highest BCUT2D eigenvalue weighted by atomic mass is 35.5. The maximum atomic E-state index is 6.08. The first-order chi connectivity index (χ1) is 9.15. The van der Waals surface area contributed by atoms with Crippen LogP contribution in [-0.2, 0) is 0 Å². The lowest BCUT2D eigenvalue weighted by atomic mass is 10.1. The van der Waals surface area contributed by atoms with Gasteiger partial charge in [-0.25, -0.2) is 0 Å². The second-order valence-corrected chi connectivity index (χ2v) is 6.22. The predicted molar refractivity (Wildman–Crippen MR) is 84.0 cm³/mol. The average Bonchev–Trinajstić information content (AvgIpc) is 2.94. The van der Waals surface area contributed by atoms with Crippen molar-refractivity contribution >= 4 is 34.5 Å². The Labute approximate surface area is 124 Å². The lowest BCUT2D eigenvalue weighted by molar-refractivity contribution is 0.318. The Morgan fingerprint density at radius 3 is 3.00 bits per heavy atom. The Kier molecular flexibility index (Phi) is 3.65. The van der Waals surface area contributed by atoms with Crippen LogP contribution in [0, 0.1) is 0 Å². The van der Waals surface area contributed by atoms with Crippen molar-refractivity contribution in [3.63, 3.8) is 0 Å². The summed E-state index contributed by atoms with van der Waals surface area (Å²) in [4.78, 5) is 2.99. The summed E-state index contributed by atoms with van der Waals surface area (Å²) >= 11 is 11.2. The monoisotopic (exact) mass is 295 g/mol. The maximum Gasteiger partial charge on any atom is 0.106 e. The molecule has 2 aliphatic rings. The maximum absolute atomic E-state index is 6.08. The van der Waals surface area contributed by atoms with Gasteiger partial charge in [-0.2, -0.15) is 0 Å². The van der Waals surface area contributed by atoms with E-state index in [1.807, 2.05) is 18.2 Å². The number of anilines is 1. The zero-order valence-corrected chi connectivity index (χ0v) is 12.3. The summed E-state index contributed by atoms with van der Waals surface area (Å²) in [6.45, 7) is 2.42. The third kappa shape index (κ3) is 2.57. The Morgan fingerprint density at radius 2 is 2.21 bits per heavy atom. The number of hydrogen-bond acceptors (Lipinski definition) is 3. The van der Waals surface area contributed by atoms with Crippen molar-refractivity contribution in [3.05, 3.63) is 28.8 Å². The van der Waals surface area contributed by atoms with E-state index in [9.17, 15) is 0 Å². The van der Waals surface area contributed by atoms with Gasteiger partial charge < -0.3 is 11.1 Å². The number of thiocarbonyl (C=S) groups is 1. The van der Waals surface area contributed by atoms with E-state index in [1.165, 1.54) is 32.4 Å². The molecule has 2 unspecified atom stereocenters. The molecule has 1 aromatic carbocycles. The average molecular weight is 296 g/mol.